The second kappa shape index (κ2) is 6.22. The highest BCUT2D eigenvalue weighted by atomic mass is 19.1. The number of benzene rings is 1. The first-order chi connectivity index (χ1) is 10.6. The SMILES string of the molecule is O=C(Cc1cccnc1)N[C@@H](c1cc(F)ccc1F)C1CC1. The van der Waals surface area contributed by atoms with Crippen molar-refractivity contribution in [3.05, 3.63) is 65.5 Å². The van der Waals surface area contributed by atoms with E-state index in [4.69, 9.17) is 0 Å². The quantitative estimate of drug-likeness (QED) is 0.922. The number of aromatic nitrogens is 1. The van der Waals surface area contributed by atoms with Gasteiger partial charge in [-0.25, -0.2) is 8.78 Å². The molecule has 2 aromatic rings. The number of hydrogen-bond acceptors (Lipinski definition) is 2. The highest BCUT2D eigenvalue weighted by molar-refractivity contribution is 5.79. The first-order valence-electron chi connectivity index (χ1n) is 7.26. The molecule has 1 atom stereocenters. The van der Waals surface area contributed by atoms with Crippen LogP contribution in [-0.4, -0.2) is 10.9 Å². The van der Waals surface area contributed by atoms with E-state index in [2.05, 4.69) is 10.3 Å². The molecule has 0 spiro atoms. The summed E-state index contributed by atoms with van der Waals surface area (Å²) in [7, 11) is 0. The second-order valence-corrected chi connectivity index (χ2v) is 5.59. The maximum atomic E-state index is 14.0. The van der Waals surface area contributed by atoms with Gasteiger partial charge in [0.15, 0.2) is 0 Å². The molecule has 1 heterocycles. The van der Waals surface area contributed by atoms with E-state index in [0.717, 1.165) is 30.5 Å². The third-order valence-electron chi connectivity index (χ3n) is 3.79. The molecule has 1 aliphatic rings. The van der Waals surface area contributed by atoms with E-state index in [1.54, 1.807) is 18.5 Å². The van der Waals surface area contributed by atoms with Crippen LogP contribution in [0.2, 0.25) is 0 Å². The van der Waals surface area contributed by atoms with Gasteiger partial charge in [0, 0.05) is 18.0 Å². The van der Waals surface area contributed by atoms with Crippen LogP contribution in [0.25, 0.3) is 0 Å². The van der Waals surface area contributed by atoms with Crippen LogP contribution in [0.15, 0.2) is 42.7 Å². The van der Waals surface area contributed by atoms with Crippen LogP contribution in [0, 0.1) is 17.6 Å². The number of halogens is 2. The van der Waals surface area contributed by atoms with Crippen molar-refractivity contribution < 1.29 is 13.6 Å². The van der Waals surface area contributed by atoms with Crippen molar-refractivity contribution >= 4 is 5.91 Å². The molecule has 0 saturated heterocycles. The first-order valence-corrected chi connectivity index (χ1v) is 7.26. The molecule has 1 saturated carbocycles. The molecule has 0 aliphatic heterocycles. The van der Waals surface area contributed by atoms with Gasteiger partial charge < -0.3 is 5.32 Å². The van der Waals surface area contributed by atoms with Crippen LogP contribution < -0.4 is 5.32 Å². The Labute approximate surface area is 127 Å². The number of nitrogens with zero attached hydrogens (tertiary/aromatic N) is 1. The van der Waals surface area contributed by atoms with E-state index in [1.807, 2.05) is 6.07 Å². The fourth-order valence-electron chi connectivity index (χ4n) is 2.54. The molecule has 1 fully saturated rings. The fraction of sp³-hybridized carbons (Fsp3) is 0.294. The van der Waals surface area contributed by atoms with Gasteiger partial charge in [-0.2, -0.15) is 0 Å². The van der Waals surface area contributed by atoms with E-state index in [0.29, 0.717) is 0 Å². The maximum absolute atomic E-state index is 14.0. The predicted octanol–water partition coefficient (Wildman–Crippen LogP) is 3.17. The lowest BCUT2D eigenvalue weighted by molar-refractivity contribution is -0.121. The van der Waals surface area contributed by atoms with Crippen LogP contribution in [-0.2, 0) is 11.2 Å². The predicted molar refractivity (Wildman–Crippen MR) is 77.9 cm³/mol. The van der Waals surface area contributed by atoms with E-state index < -0.39 is 17.7 Å². The van der Waals surface area contributed by atoms with Crippen molar-refractivity contribution in [3.8, 4) is 0 Å². The zero-order chi connectivity index (χ0) is 15.5. The molecule has 0 bridgehead atoms. The number of rotatable bonds is 5. The standard InChI is InChI=1S/C17H16F2N2O/c18-13-5-6-15(19)14(9-13)17(12-3-4-12)21-16(22)8-11-2-1-7-20-10-11/h1-2,5-7,9-10,12,17H,3-4,8H2,(H,21,22)/t17-/m1/s1. The largest absolute Gasteiger partial charge is 0.349 e. The average molecular weight is 302 g/mol. The Hall–Kier alpha value is -2.30. The van der Waals surface area contributed by atoms with Crippen molar-refractivity contribution in [2.45, 2.75) is 25.3 Å². The number of carbonyl (C=O) groups is 1. The van der Waals surface area contributed by atoms with E-state index in [9.17, 15) is 13.6 Å². The first kappa shape index (κ1) is 14.6. The number of pyridine rings is 1. The van der Waals surface area contributed by atoms with Crippen LogP contribution >= 0.6 is 0 Å². The van der Waals surface area contributed by atoms with Gasteiger partial charge >= 0.3 is 0 Å². The van der Waals surface area contributed by atoms with Crippen LogP contribution in [0.1, 0.15) is 30.0 Å². The van der Waals surface area contributed by atoms with Gasteiger partial charge in [0.25, 0.3) is 0 Å². The molecule has 1 aliphatic carbocycles. The van der Waals surface area contributed by atoms with E-state index in [-0.39, 0.29) is 23.8 Å². The van der Waals surface area contributed by atoms with Crippen molar-refractivity contribution in [1.29, 1.82) is 0 Å². The molecule has 0 radical (unpaired) electrons. The summed E-state index contributed by atoms with van der Waals surface area (Å²) in [5, 5.41) is 2.84. The minimum absolute atomic E-state index is 0.175. The second-order valence-electron chi connectivity index (χ2n) is 5.59. The van der Waals surface area contributed by atoms with Crippen LogP contribution in [0.4, 0.5) is 8.78 Å². The van der Waals surface area contributed by atoms with Gasteiger partial charge in [0.1, 0.15) is 11.6 Å². The highest BCUT2D eigenvalue weighted by Crippen LogP contribution is 2.41. The summed E-state index contributed by atoms with van der Waals surface area (Å²) in [4.78, 5) is 16.1. The van der Waals surface area contributed by atoms with Crippen molar-refractivity contribution in [2.75, 3.05) is 0 Å². The lowest BCUT2D eigenvalue weighted by Crippen LogP contribution is -2.31. The number of carbonyl (C=O) groups excluding carboxylic acids is 1. The number of amides is 1. The lowest BCUT2D eigenvalue weighted by atomic mass is 10.0. The Kier molecular flexibility index (Phi) is 4.13. The number of hydrogen-bond donors (Lipinski definition) is 1. The molecule has 1 aromatic heterocycles. The van der Waals surface area contributed by atoms with Gasteiger partial charge in [0.2, 0.25) is 5.91 Å². The summed E-state index contributed by atoms with van der Waals surface area (Å²) in [6.45, 7) is 0. The number of nitrogens with one attached hydrogen (secondary N) is 1. The van der Waals surface area contributed by atoms with Gasteiger partial charge in [-0.3, -0.25) is 9.78 Å². The third-order valence-corrected chi connectivity index (χ3v) is 3.79. The zero-order valence-corrected chi connectivity index (χ0v) is 11.9. The Balaban J connectivity index is 1.75. The summed E-state index contributed by atoms with van der Waals surface area (Å²) in [6.07, 6.45) is 5.25. The van der Waals surface area contributed by atoms with E-state index >= 15 is 0 Å². The van der Waals surface area contributed by atoms with Crippen molar-refractivity contribution in [1.82, 2.24) is 10.3 Å². The van der Waals surface area contributed by atoms with Crippen molar-refractivity contribution in [3.63, 3.8) is 0 Å². The van der Waals surface area contributed by atoms with Crippen LogP contribution in [0.3, 0.4) is 0 Å². The Morgan fingerprint density at radius 1 is 1.32 bits per heavy atom. The smallest absolute Gasteiger partial charge is 0.224 e. The Morgan fingerprint density at radius 2 is 2.14 bits per heavy atom. The van der Waals surface area contributed by atoms with Crippen molar-refractivity contribution in [2.24, 2.45) is 5.92 Å². The molecule has 1 N–H and O–H groups in total. The average Bonchev–Trinajstić information content (AvgIpc) is 3.33. The fourth-order valence-corrected chi connectivity index (χ4v) is 2.54. The molecule has 3 rings (SSSR count). The molecule has 0 unspecified atom stereocenters. The zero-order valence-electron chi connectivity index (χ0n) is 11.9. The summed E-state index contributed by atoms with van der Waals surface area (Å²) in [6, 6.07) is 6.45. The molecular weight excluding hydrogens is 286 g/mol. The van der Waals surface area contributed by atoms with Crippen LogP contribution in [0.5, 0.6) is 0 Å². The third kappa shape index (κ3) is 3.47. The molecule has 1 amide bonds. The monoisotopic (exact) mass is 302 g/mol. The summed E-state index contributed by atoms with van der Waals surface area (Å²) >= 11 is 0. The Morgan fingerprint density at radius 3 is 2.82 bits per heavy atom. The lowest BCUT2D eigenvalue weighted by Gasteiger charge is -2.19. The minimum Gasteiger partial charge on any atom is -0.349 e. The highest BCUT2D eigenvalue weighted by Gasteiger charge is 2.35. The minimum atomic E-state index is -0.497. The van der Waals surface area contributed by atoms with Gasteiger partial charge in [-0.15, -0.1) is 0 Å². The van der Waals surface area contributed by atoms with E-state index in [1.165, 1.54) is 6.07 Å². The van der Waals surface area contributed by atoms with Gasteiger partial charge in [0.05, 0.1) is 12.5 Å². The maximum Gasteiger partial charge on any atom is 0.224 e. The molecule has 1 aromatic carbocycles. The Bertz CT molecular complexity index is 672. The molecule has 3 nitrogen and oxygen atoms in total. The summed E-state index contributed by atoms with van der Waals surface area (Å²) < 4.78 is 27.3. The molecule has 5 heteroatoms. The van der Waals surface area contributed by atoms with Gasteiger partial charge in [-0.05, 0) is 48.6 Å². The summed E-state index contributed by atoms with van der Waals surface area (Å²) in [5.41, 5.74) is 1.01. The molecular formula is C17H16F2N2O. The normalized spacial score (nSPS) is 15.4. The van der Waals surface area contributed by atoms with Gasteiger partial charge in [-0.1, -0.05) is 6.07 Å². The molecule has 22 heavy (non-hydrogen) atoms. The topological polar surface area (TPSA) is 42.0 Å². The molecule has 114 valence electrons. The summed E-state index contributed by atoms with van der Waals surface area (Å²) in [5.74, 6) is -1.02.